The van der Waals surface area contributed by atoms with Gasteiger partial charge < -0.3 is 4.57 Å². The molecule has 4 rings (SSSR count). The minimum atomic E-state index is -4.06. The van der Waals surface area contributed by atoms with Gasteiger partial charge in [-0.2, -0.15) is 5.10 Å². The third-order valence-corrected chi connectivity index (χ3v) is 8.46. The number of benzene rings is 3. The summed E-state index contributed by atoms with van der Waals surface area (Å²) in [7, 11) is -4.06. The summed E-state index contributed by atoms with van der Waals surface area (Å²) in [5.41, 5.74) is 8.12. The van der Waals surface area contributed by atoms with Gasteiger partial charge in [0.25, 0.3) is 15.9 Å². The third kappa shape index (κ3) is 5.66. The molecule has 1 aromatic heterocycles. The minimum Gasteiger partial charge on any atom is -0.318 e. The topological polar surface area (TPSA) is 83.8 Å². The number of aromatic nitrogens is 1. The summed E-state index contributed by atoms with van der Waals surface area (Å²) in [6, 6.07) is 23.3. The summed E-state index contributed by atoms with van der Waals surface area (Å²) in [6.45, 7) is 7.09. The molecule has 0 saturated heterocycles. The van der Waals surface area contributed by atoms with Crippen molar-refractivity contribution in [2.75, 3.05) is 10.8 Å². The molecule has 0 atom stereocenters. The average molecular weight is 549 g/mol. The number of hydrazone groups is 1. The number of nitrogens with one attached hydrogen (secondary N) is 1. The first kappa shape index (κ1) is 27.2. The summed E-state index contributed by atoms with van der Waals surface area (Å²) in [5.74, 6) is -0.590. The van der Waals surface area contributed by atoms with E-state index < -0.39 is 22.5 Å². The van der Waals surface area contributed by atoms with E-state index in [1.54, 1.807) is 43.5 Å². The number of anilines is 1. The van der Waals surface area contributed by atoms with Gasteiger partial charge in [0.1, 0.15) is 6.54 Å². The Hall–Kier alpha value is -3.88. The molecule has 1 heterocycles. The Balaban J connectivity index is 1.58. The van der Waals surface area contributed by atoms with E-state index in [-0.39, 0.29) is 4.90 Å². The second-order valence-electron chi connectivity index (χ2n) is 9.00. The standard InChI is InChI=1S/C29H29ClN4O3S/c1-20-13-15-26(16-14-20)38(36,37)33(28-12-8-11-27(30)22(28)3)19-29(35)32-31-18-24-17-21(2)34(23(24)4)25-9-6-5-7-10-25/h5-18H,19H2,1-4H3,(H,32,35)/b31-18-. The van der Waals surface area contributed by atoms with Crippen LogP contribution in [0.1, 0.15) is 28.1 Å². The van der Waals surface area contributed by atoms with Crippen molar-refractivity contribution in [2.45, 2.75) is 32.6 Å². The maximum absolute atomic E-state index is 13.6. The van der Waals surface area contributed by atoms with Crippen molar-refractivity contribution in [3.63, 3.8) is 0 Å². The van der Waals surface area contributed by atoms with Crippen molar-refractivity contribution in [1.82, 2.24) is 9.99 Å². The number of hydrogen-bond donors (Lipinski definition) is 1. The Kier molecular flexibility index (Phi) is 8.04. The van der Waals surface area contributed by atoms with Gasteiger partial charge in [-0.15, -0.1) is 0 Å². The van der Waals surface area contributed by atoms with E-state index in [4.69, 9.17) is 11.6 Å². The second-order valence-corrected chi connectivity index (χ2v) is 11.3. The highest BCUT2D eigenvalue weighted by molar-refractivity contribution is 7.92. The van der Waals surface area contributed by atoms with Gasteiger partial charge in [-0.05, 0) is 75.7 Å². The number of amides is 1. The predicted molar refractivity (Wildman–Crippen MR) is 153 cm³/mol. The van der Waals surface area contributed by atoms with E-state index in [2.05, 4.69) is 15.1 Å². The van der Waals surface area contributed by atoms with Crippen LogP contribution < -0.4 is 9.73 Å². The molecule has 9 heteroatoms. The number of para-hydroxylation sites is 1. The monoisotopic (exact) mass is 548 g/mol. The van der Waals surface area contributed by atoms with Gasteiger partial charge in [0.2, 0.25) is 0 Å². The van der Waals surface area contributed by atoms with Crippen LogP contribution in [0.4, 0.5) is 5.69 Å². The van der Waals surface area contributed by atoms with Crippen LogP contribution in [-0.2, 0) is 14.8 Å². The van der Waals surface area contributed by atoms with Crippen LogP contribution in [0.5, 0.6) is 0 Å². The SMILES string of the molecule is Cc1ccc(S(=O)(=O)N(CC(=O)N/N=C\c2cc(C)n(-c3ccccc3)c2C)c2cccc(Cl)c2C)cc1. The van der Waals surface area contributed by atoms with Crippen LogP contribution in [0, 0.1) is 27.7 Å². The minimum absolute atomic E-state index is 0.0760. The van der Waals surface area contributed by atoms with E-state index in [9.17, 15) is 13.2 Å². The largest absolute Gasteiger partial charge is 0.318 e. The number of halogens is 1. The normalized spacial score (nSPS) is 11.6. The van der Waals surface area contributed by atoms with Gasteiger partial charge >= 0.3 is 0 Å². The van der Waals surface area contributed by atoms with Crippen molar-refractivity contribution < 1.29 is 13.2 Å². The van der Waals surface area contributed by atoms with Crippen molar-refractivity contribution >= 4 is 39.4 Å². The zero-order valence-corrected chi connectivity index (χ0v) is 23.2. The van der Waals surface area contributed by atoms with Crippen molar-refractivity contribution in [1.29, 1.82) is 0 Å². The molecule has 196 valence electrons. The Morgan fingerprint density at radius 3 is 2.34 bits per heavy atom. The zero-order valence-electron chi connectivity index (χ0n) is 21.6. The second kappa shape index (κ2) is 11.2. The first-order valence-corrected chi connectivity index (χ1v) is 13.8. The molecule has 0 spiro atoms. The lowest BCUT2D eigenvalue weighted by atomic mass is 10.2. The molecule has 38 heavy (non-hydrogen) atoms. The van der Waals surface area contributed by atoms with Crippen molar-refractivity contribution in [3.8, 4) is 5.69 Å². The van der Waals surface area contributed by atoms with Crippen LogP contribution in [0.2, 0.25) is 5.02 Å². The van der Waals surface area contributed by atoms with Gasteiger partial charge in [0, 0.05) is 27.7 Å². The molecule has 0 saturated carbocycles. The first-order chi connectivity index (χ1) is 18.1. The molecule has 0 radical (unpaired) electrons. The summed E-state index contributed by atoms with van der Waals surface area (Å²) < 4.78 is 30.4. The maximum atomic E-state index is 13.6. The molecule has 0 bridgehead atoms. The first-order valence-electron chi connectivity index (χ1n) is 12.0. The Morgan fingerprint density at radius 1 is 0.974 bits per heavy atom. The quantitative estimate of drug-likeness (QED) is 0.226. The number of nitrogens with zero attached hydrogens (tertiary/aromatic N) is 3. The fourth-order valence-corrected chi connectivity index (χ4v) is 5.88. The van der Waals surface area contributed by atoms with Crippen LogP contribution in [-0.4, -0.2) is 31.7 Å². The molecule has 0 fully saturated rings. The number of carbonyl (C=O) groups excluding carboxylic acids is 1. The number of aryl methyl sites for hydroxylation is 2. The maximum Gasteiger partial charge on any atom is 0.264 e. The Morgan fingerprint density at radius 2 is 1.66 bits per heavy atom. The fourth-order valence-electron chi connectivity index (χ4n) is 4.24. The molecule has 0 aliphatic heterocycles. The Labute approximate surface area is 228 Å². The molecule has 0 aliphatic rings. The summed E-state index contributed by atoms with van der Waals surface area (Å²) in [4.78, 5) is 13.0. The van der Waals surface area contributed by atoms with Gasteiger partial charge in [0.05, 0.1) is 16.8 Å². The molecule has 4 aromatic rings. The van der Waals surface area contributed by atoms with E-state index in [1.807, 2.05) is 57.2 Å². The molecule has 3 aromatic carbocycles. The van der Waals surface area contributed by atoms with Crippen LogP contribution >= 0.6 is 11.6 Å². The van der Waals surface area contributed by atoms with E-state index >= 15 is 0 Å². The lowest BCUT2D eigenvalue weighted by Crippen LogP contribution is -2.40. The van der Waals surface area contributed by atoms with Gasteiger partial charge in [-0.25, -0.2) is 13.8 Å². The van der Waals surface area contributed by atoms with Gasteiger partial charge in [-0.1, -0.05) is 53.6 Å². The van der Waals surface area contributed by atoms with Crippen LogP contribution in [0.25, 0.3) is 5.69 Å². The van der Waals surface area contributed by atoms with Gasteiger partial charge in [0.15, 0.2) is 0 Å². The molecule has 1 amide bonds. The smallest absolute Gasteiger partial charge is 0.264 e. The molecule has 0 unspecified atom stereocenters. The van der Waals surface area contributed by atoms with Crippen molar-refractivity contribution in [3.05, 3.63) is 112 Å². The van der Waals surface area contributed by atoms with Crippen LogP contribution in [0.3, 0.4) is 0 Å². The summed E-state index contributed by atoms with van der Waals surface area (Å²) in [6.07, 6.45) is 1.56. The fraction of sp³-hybridized carbons (Fsp3) is 0.172. The number of rotatable bonds is 8. The zero-order chi connectivity index (χ0) is 27.4. The Bertz CT molecular complexity index is 1600. The summed E-state index contributed by atoms with van der Waals surface area (Å²) in [5, 5.41) is 4.52. The number of carbonyl (C=O) groups is 1. The molecule has 7 nitrogen and oxygen atoms in total. The van der Waals surface area contributed by atoms with Crippen molar-refractivity contribution in [2.24, 2.45) is 5.10 Å². The highest BCUT2D eigenvalue weighted by Gasteiger charge is 2.28. The highest BCUT2D eigenvalue weighted by atomic mass is 35.5. The molecular weight excluding hydrogens is 520 g/mol. The molecule has 1 N–H and O–H groups in total. The molecular formula is C29H29ClN4O3S. The highest BCUT2D eigenvalue weighted by Crippen LogP contribution is 2.31. The van der Waals surface area contributed by atoms with Crippen LogP contribution in [0.15, 0.2) is 88.9 Å². The predicted octanol–water partition coefficient (Wildman–Crippen LogP) is 5.71. The average Bonchev–Trinajstić information content (AvgIpc) is 3.17. The number of hydrogen-bond acceptors (Lipinski definition) is 4. The number of sulfonamides is 1. The van der Waals surface area contributed by atoms with E-state index in [1.165, 1.54) is 12.1 Å². The van der Waals surface area contributed by atoms with Gasteiger partial charge in [-0.3, -0.25) is 9.10 Å². The van der Waals surface area contributed by atoms with E-state index in [0.29, 0.717) is 16.3 Å². The lowest BCUT2D eigenvalue weighted by molar-refractivity contribution is -0.119. The molecule has 0 aliphatic carbocycles. The summed E-state index contributed by atoms with van der Waals surface area (Å²) >= 11 is 6.29. The third-order valence-electron chi connectivity index (χ3n) is 6.28. The lowest BCUT2D eigenvalue weighted by Gasteiger charge is -2.25. The van der Waals surface area contributed by atoms with E-state index in [0.717, 1.165) is 32.5 Å².